The lowest BCUT2D eigenvalue weighted by Crippen LogP contribution is -2.11. The summed E-state index contributed by atoms with van der Waals surface area (Å²) in [6.45, 7) is 2.42. The van der Waals surface area contributed by atoms with Gasteiger partial charge in [0.2, 0.25) is 0 Å². The van der Waals surface area contributed by atoms with Crippen molar-refractivity contribution in [1.29, 1.82) is 0 Å². The summed E-state index contributed by atoms with van der Waals surface area (Å²) in [4.78, 5) is 11.7. The standard InChI is InChI=1S/C15H21NO3/c1-18-14-4-2-3-13(9-14)11-19-15(17)6-5-12-7-8-16-10-12/h2-4,9,12,16H,5-8,10-11H2,1H3. The van der Waals surface area contributed by atoms with Crippen molar-refractivity contribution in [1.82, 2.24) is 5.32 Å². The van der Waals surface area contributed by atoms with Crippen molar-refractivity contribution < 1.29 is 14.3 Å². The highest BCUT2D eigenvalue weighted by Crippen LogP contribution is 2.16. The SMILES string of the molecule is COc1cccc(COC(=O)CCC2CCNC2)c1. The highest BCUT2D eigenvalue weighted by atomic mass is 16.5. The minimum absolute atomic E-state index is 0.116. The second kappa shape index (κ2) is 7.14. The van der Waals surface area contributed by atoms with E-state index in [1.165, 1.54) is 6.42 Å². The van der Waals surface area contributed by atoms with Crippen LogP contribution in [0.4, 0.5) is 0 Å². The van der Waals surface area contributed by atoms with Crippen LogP contribution in [0.15, 0.2) is 24.3 Å². The normalized spacial score (nSPS) is 18.3. The summed E-state index contributed by atoms with van der Waals surface area (Å²) >= 11 is 0. The number of esters is 1. The second-order valence-corrected chi connectivity index (χ2v) is 4.91. The number of hydrogen-bond acceptors (Lipinski definition) is 4. The molecule has 1 aliphatic rings. The lowest BCUT2D eigenvalue weighted by atomic mass is 10.0. The number of methoxy groups -OCH3 is 1. The molecule has 0 saturated carbocycles. The average Bonchev–Trinajstić information content (AvgIpc) is 2.96. The van der Waals surface area contributed by atoms with E-state index in [1.807, 2.05) is 24.3 Å². The van der Waals surface area contributed by atoms with Crippen LogP contribution < -0.4 is 10.1 Å². The molecule has 0 aromatic heterocycles. The molecule has 1 N–H and O–H groups in total. The van der Waals surface area contributed by atoms with Crippen LogP contribution in [-0.4, -0.2) is 26.2 Å². The van der Waals surface area contributed by atoms with Gasteiger partial charge in [-0.05, 0) is 49.5 Å². The minimum Gasteiger partial charge on any atom is -0.497 e. The highest BCUT2D eigenvalue weighted by Gasteiger charge is 2.16. The number of ether oxygens (including phenoxy) is 2. The summed E-state index contributed by atoms with van der Waals surface area (Å²) in [5.74, 6) is 1.30. The van der Waals surface area contributed by atoms with Gasteiger partial charge in [0, 0.05) is 6.42 Å². The Hall–Kier alpha value is -1.55. The Morgan fingerprint density at radius 3 is 3.11 bits per heavy atom. The molecule has 4 nitrogen and oxygen atoms in total. The van der Waals surface area contributed by atoms with E-state index in [1.54, 1.807) is 7.11 Å². The molecule has 19 heavy (non-hydrogen) atoms. The molecule has 2 rings (SSSR count). The molecule has 0 bridgehead atoms. The van der Waals surface area contributed by atoms with Crippen molar-refractivity contribution in [2.45, 2.75) is 25.9 Å². The number of carbonyl (C=O) groups is 1. The van der Waals surface area contributed by atoms with Crippen molar-refractivity contribution in [2.75, 3.05) is 20.2 Å². The first kappa shape index (κ1) is 13.9. The fraction of sp³-hybridized carbons (Fsp3) is 0.533. The van der Waals surface area contributed by atoms with Crippen LogP contribution in [0.3, 0.4) is 0 Å². The number of rotatable bonds is 6. The summed E-state index contributed by atoms with van der Waals surface area (Å²) in [6, 6.07) is 7.58. The zero-order chi connectivity index (χ0) is 13.5. The molecule has 1 aromatic carbocycles. The Morgan fingerprint density at radius 2 is 2.37 bits per heavy atom. The molecule has 4 heteroatoms. The van der Waals surface area contributed by atoms with E-state index in [4.69, 9.17) is 9.47 Å². The van der Waals surface area contributed by atoms with E-state index < -0.39 is 0 Å². The predicted octanol–water partition coefficient (Wildman–Crippen LogP) is 2.13. The van der Waals surface area contributed by atoms with Crippen LogP contribution in [0.2, 0.25) is 0 Å². The van der Waals surface area contributed by atoms with E-state index in [2.05, 4.69) is 5.32 Å². The first-order valence-corrected chi connectivity index (χ1v) is 6.77. The Balaban J connectivity index is 1.70. The highest BCUT2D eigenvalue weighted by molar-refractivity contribution is 5.69. The fourth-order valence-corrected chi connectivity index (χ4v) is 2.28. The second-order valence-electron chi connectivity index (χ2n) is 4.91. The maximum absolute atomic E-state index is 11.7. The van der Waals surface area contributed by atoms with Gasteiger partial charge in [-0.1, -0.05) is 12.1 Å². The molecule has 1 unspecified atom stereocenters. The quantitative estimate of drug-likeness (QED) is 0.799. The largest absolute Gasteiger partial charge is 0.497 e. The molecule has 0 aliphatic carbocycles. The van der Waals surface area contributed by atoms with Crippen molar-refractivity contribution in [3.8, 4) is 5.75 Å². The van der Waals surface area contributed by atoms with Crippen molar-refractivity contribution >= 4 is 5.97 Å². The molecule has 0 spiro atoms. The van der Waals surface area contributed by atoms with E-state index >= 15 is 0 Å². The van der Waals surface area contributed by atoms with Crippen LogP contribution in [0, 0.1) is 5.92 Å². The van der Waals surface area contributed by atoms with Crippen LogP contribution in [0.25, 0.3) is 0 Å². The summed E-state index contributed by atoms with van der Waals surface area (Å²) < 4.78 is 10.4. The maximum atomic E-state index is 11.7. The van der Waals surface area contributed by atoms with Gasteiger partial charge in [-0.25, -0.2) is 0 Å². The lowest BCUT2D eigenvalue weighted by Gasteiger charge is -2.09. The topological polar surface area (TPSA) is 47.6 Å². The molecule has 0 amide bonds. The number of carbonyl (C=O) groups excluding carboxylic acids is 1. The zero-order valence-corrected chi connectivity index (χ0v) is 11.4. The van der Waals surface area contributed by atoms with E-state index in [0.29, 0.717) is 18.9 Å². The van der Waals surface area contributed by atoms with Crippen molar-refractivity contribution in [2.24, 2.45) is 5.92 Å². The van der Waals surface area contributed by atoms with E-state index in [0.717, 1.165) is 30.8 Å². The molecule has 1 heterocycles. The molecule has 1 aromatic rings. The van der Waals surface area contributed by atoms with Gasteiger partial charge >= 0.3 is 5.97 Å². The third-order valence-electron chi connectivity index (χ3n) is 3.45. The first-order valence-electron chi connectivity index (χ1n) is 6.77. The predicted molar refractivity (Wildman–Crippen MR) is 73.0 cm³/mol. The summed E-state index contributed by atoms with van der Waals surface area (Å²) in [7, 11) is 1.63. The molecular formula is C15H21NO3. The molecule has 1 atom stereocenters. The number of benzene rings is 1. The molecule has 1 saturated heterocycles. The number of hydrogen-bond donors (Lipinski definition) is 1. The molecule has 1 fully saturated rings. The third kappa shape index (κ3) is 4.56. The minimum atomic E-state index is -0.116. The summed E-state index contributed by atoms with van der Waals surface area (Å²) in [6.07, 6.45) is 2.60. The fourth-order valence-electron chi connectivity index (χ4n) is 2.28. The summed E-state index contributed by atoms with van der Waals surface area (Å²) in [5, 5.41) is 3.30. The molecule has 104 valence electrons. The monoisotopic (exact) mass is 263 g/mol. The Morgan fingerprint density at radius 1 is 1.47 bits per heavy atom. The van der Waals surface area contributed by atoms with Gasteiger partial charge in [-0.3, -0.25) is 4.79 Å². The van der Waals surface area contributed by atoms with Gasteiger partial charge in [0.1, 0.15) is 12.4 Å². The van der Waals surface area contributed by atoms with Crippen molar-refractivity contribution in [3.63, 3.8) is 0 Å². The van der Waals surface area contributed by atoms with Crippen molar-refractivity contribution in [3.05, 3.63) is 29.8 Å². The van der Waals surface area contributed by atoms with Gasteiger partial charge in [0.25, 0.3) is 0 Å². The molecule has 1 aliphatic heterocycles. The zero-order valence-electron chi connectivity index (χ0n) is 11.4. The average molecular weight is 263 g/mol. The van der Waals surface area contributed by atoms with E-state index in [9.17, 15) is 4.79 Å². The van der Waals surface area contributed by atoms with E-state index in [-0.39, 0.29) is 5.97 Å². The van der Waals surface area contributed by atoms with Gasteiger partial charge in [0.15, 0.2) is 0 Å². The van der Waals surface area contributed by atoms with Gasteiger partial charge in [-0.2, -0.15) is 0 Å². The number of nitrogens with one attached hydrogen (secondary N) is 1. The Kier molecular flexibility index (Phi) is 5.21. The van der Waals surface area contributed by atoms with Gasteiger partial charge < -0.3 is 14.8 Å². The smallest absolute Gasteiger partial charge is 0.306 e. The summed E-state index contributed by atoms with van der Waals surface area (Å²) in [5.41, 5.74) is 0.954. The van der Waals surface area contributed by atoms with Crippen LogP contribution in [-0.2, 0) is 16.1 Å². The maximum Gasteiger partial charge on any atom is 0.306 e. The molecular weight excluding hydrogens is 242 g/mol. The lowest BCUT2D eigenvalue weighted by molar-refractivity contribution is -0.145. The Labute approximate surface area is 114 Å². The Bertz CT molecular complexity index is 414. The molecule has 0 radical (unpaired) electrons. The van der Waals surface area contributed by atoms with Crippen LogP contribution in [0.5, 0.6) is 5.75 Å². The van der Waals surface area contributed by atoms with Gasteiger partial charge in [0.05, 0.1) is 7.11 Å². The third-order valence-corrected chi connectivity index (χ3v) is 3.45. The van der Waals surface area contributed by atoms with Gasteiger partial charge in [-0.15, -0.1) is 0 Å². The first-order chi connectivity index (χ1) is 9.28. The van der Waals surface area contributed by atoms with Crippen LogP contribution >= 0.6 is 0 Å². The van der Waals surface area contributed by atoms with Crippen LogP contribution in [0.1, 0.15) is 24.8 Å².